The lowest BCUT2D eigenvalue weighted by Gasteiger charge is -2.04. The minimum absolute atomic E-state index is 0.145. The van der Waals surface area contributed by atoms with Crippen LogP contribution < -0.4 is 11.1 Å². The van der Waals surface area contributed by atoms with Crippen LogP contribution in [0, 0.1) is 0 Å². The first-order valence-electron chi connectivity index (χ1n) is 6.43. The number of benzene rings is 2. The molecule has 118 valence electrons. The minimum Gasteiger partial charge on any atom is -0.508 e. The second-order valence-electron chi connectivity index (χ2n) is 4.54. The molecule has 1 unspecified atom stereocenters. The number of aromatic hydroxyl groups is 1. The summed E-state index contributed by atoms with van der Waals surface area (Å²) in [5.74, 6) is 0.315. The van der Waals surface area contributed by atoms with Crippen LogP contribution in [-0.2, 0) is 11.1 Å². The summed E-state index contributed by atoms with van der Waals surface area (Å²) < 4.78 is 20.7. The number of aromatic nitrogens is 1. The first-order valence-corrected chi connectivity index (χ1v) is 8.35. The number of nitrogens with two attached hydrogens (primary N) is 1. The van der Waals surface area contributed by atoms with Crippen molar-refractivity contribution >= 4 is 49.4 Å². The zero-order chi connectivity index (χ0) is 16.4. The minimum atomic E-state index is -2.01. The number of nitrogens with zero attached hydrogens (tertiary/aromatic N) is 2. The van der Waals surface area contributed by atoms with Crippen molar-refractivity contribution in [1.82, 2.24) is 4.98 Å². The van der Waals surface area contributed by atoms with Crippen LogP contribution >= 0.6 is 11.3 Å². The fraction of sp³-hybridized carbons (Fsp3) is 0. The number of aliphatic imine (C=N–C) groups is 1. The molecule has 0 saturated heterocycles. The molecule has 1 atom stereocenters. The quantitative estimate of drug-likeness (QED) is 0.328. The van der Waals surface area contributed by atoms with Crippen LogP contribution in [0.5, 0.6) is 5.75 Å². The van der Waals surface area contributed by atoms with E-state index >= 15 is 0 Å². The van der Waals surface area contributed by atoms with Crippen LogP contribution in [0.2, 0.25) is 0 Å². The van der Waals surface area contributed by atoms with Crippen molar-refractivity contribution in [1.29, 1.82) is 0 Å². The number of fused-ring (bicyclic) bond motifs is 1. The van der Waals surface area contributed by atoms with E-state index in [9.17, 15) is 9.32 Å². The molecule has 0 saturated carbocycles. The second-order valence-corrected chi connectivity index (χ2v) is 6.52. The molecule has 0 amide bonds. The van der Waals surface area contributed by atoms with Gasteiger partial charge < -0.3 is 20.7 Å². The van der Waals surface area contributed by atoms with E-state index in [-0.39, 0.29) is 11.7 Å². The smallest absolute Gasteiger partial charge is 0.213 e. The lowest BCUT2D eigenvalue weighted by molar-refractivity contribution is 0.476. The van der Waals surface area contributed by atoms with Crippen molar-refractivity contribution in [2.24, 2.45) is 10.7 Å². The predicted molar refractivity (Wildman–Crippen MR) is 91.7 cm³/mol. The van der Waals surface area contributed by atoms with Crippen molar-refractivity contribution in [2.75, 3.05) is 5.32 Å². The van der Waals surface area contributed by atoms with Crippen molar-refractivity contribution in [3.8, 4) is 5.75 Å². The molecular weight excluding hydrogens is 336 g/mol. The SMILES string of the molecule is NC(=Nc1nc2ccc(O)cc2s1)Nc1ccc(S(=O)O)cc1. The third kappa shape index (κ3) is 3.65. The van der Waals surface area contributed by atoms with Gasteiger partial charge in [0.05, 0.1) is 15.1 Å². The van der Waals surface area contributed by atoms with Crippen molar-refractivity contribution in [2.45, 2.75) is 4.90 Å². The maximum absolute atomic E-state index is 10.9. The number of phenolic OH excluding ortho intramolecular Hbond substituents is 1. The zero-order valence-corrected chi connectivity index (χ0v) is 13.3. The van der Waals surface area contributed by atoms with Gasteiger partial charge in [0.2, 0.25) is 11.1 Å². The third-order valence-corrected chi connectivity index (χ3v) is 4.49. The Labute approximate surface area is 137 Å². The summed E-state index contributed by atoms with van der Waals surface area (Å²) in [6, 6.07) is 11.2. The van der Waals surface area contributed by atoms with Crippen LogP contribution in [0.1, 0.15) is 0 Å². The fourth-order valence-corrected chi connectivity index (χ4v) is 3.13. The number of nitrogens with one attached hydrogen (secondary N) is 1. The van der Waals surface area contributed by atoms with Crippen molar-refractivity contribution < 1.29 is 13.9 Å². The van der Waals surface area contributed by atoms with Crippen LogP contribution in [0.25, 0.3) is 10.2 Å². The standard InChI is InChI=1S/C14H12N4O3S2/c15-13(16-8-1-4-10(5-2-8)23(20)21)18-14-17-11-6-3-9(19)7-12(11)22-14/h1-7,19H,(H,20,21)(H3,15,16,17,18). The summed E-state index contributed by atoms with van der Waals surface area (Å²) in [4.78, 5) is 8.78. The Morgan fingerprint density at radius 3 is 2.70 bits per heavy atom. The molecule has 0 aliphatic carbocycles. The zero-order valence-electron chi connectivity index (χ0n) is 11.6. The first kappa shape index (κ1) is 15.4. The molecule has 0 fully saturated rings. The molecule has 9 heteroatoms. The molecule has 0 aliphatic rings. The monoisotopic (exact) mass is 348 g/mol. The first-order chi connectivity index (χ1) is 11.0. The van der Waals surface area contributed by atoms with Crippen LogP contribution in [-0.4, -0.2) is 24.8 Å². The summed E-state index contributed by atoms with van der Waals surface area (Å²) in [5, 5.41) is 12.8. The summed E-state index contributed by atoms with van der Waals surface area (Å²) in [6.07, 6.45) is 0. The number of phenols is 1. The van der Waals surface area contributed by atoms with Gasteiger partial charge in [0.25, 0.3) is 0 Å². The lowest BCUT2D eigenvalue weighted by Crippen LogP contribution is -2.21. The maximum atomic E-state index is 10.9. The van der Waals surface area contributed by atoms with E-state index in [1.54, 1.807) is 30.3 Å². The Bertz CT molecular complexity index is 906. The highest BCUT2D eigenvalue weighted by Gasteiger charge is 2.05. The van der Waals surface area contributed by atoms with Crippen LogP contribution in [0.3, 0.4) is 0 Å². The second kappa shape index (κ2) is 6.32. The van der Waals surface area contributed by atoms with E-state index in [0.717, 1.165) is 10.2 Å². The largest absolute Gasteiger partial charge is 0.508 e. The lowest BCUT2D eigenvalue weighted by atomic mass is 10.3. The van der Waals surface area contributed by atoms with E-state index in [0.29, 0.717) is 15.7 Å². The summed E-state index contributed by atoms with van der Waals surface area (Å²) in [7, 11) is 0. The van der Waals surface area contributed by atoms with Gasteiger partial charge in [-0.25, -0.2) is 9.19 Å². The topological polar surface area (TPSA) is 121 Å². The van der Waals surface area contributed by atoms with Crippen molar-refractivity contribution in [3.63, 3.8) is 0 Å². The highest BCUT2D eigenvalue weighted by molar-refractivity contribution is 7.79. The Morgan fingerprint density at radius 1 is 1.26 bits per heavy atom. The maximum Gasteiger partial charge on any atom is 0.213 e. The van der Waals surface area contributed by atoms with E-state index in [4.69, 9.17) is 10.3 Å². The number of thiazole rings is 1. The molecule has 3 aromatic rings. The van der Waals surface area contributed by atoms with Gasteiger partial charge in [-0.05, 0) is 42.5 Å². The van der Waals surface area contributed by atoms with E-state index in [1.807, 2.05) is 0 Å². The Kier molecular flexibility index (Phi) is 4.24. The number of anilines is 1. The fourth-order valence-electron chi connectivity index (χ4n) is 1.88. The number of hydrogen-bond acceptors (Lipinski definition) is 5. The molecule has 2 aromatic carbocycles. The Balaban J connectivity index is 1.79. The molecule has 3 rings (SSSR count). The molecule has 0 bridgehead atoms. The van der Waals surface area contributed by atoms with Crippen LogP contribution in [0.15, 0.2) is 52.4 Å². The van der Waals surface area contributed by atoms with Gasteiger partial charge in [-0.3, -0.25) is 0 Å². The van der Waals surface area contributed by atoms with Crippen LogP contribution in [0.4, 0.5) is 10.8 Å². The predicted octanol–water partition coefficient (Wildman–Crippen LogP) is 2.64. The molecule has 23 heavy (non-hydrogen) atoms. The Morgan fingerprint density at radius 2 is 2.00 bits per heavy atom. The molecule has 5 N–H and O–H groups in total. The molecule has 0 aliphatic heterocycles. The molecule has 1 heterocycles. The summed E-state index contributed by atoms with van der Waals surface area (Å²) in [6.45, 7) is 0. The number of hydrogen-bond donors (Lipinski definition) is 4. The normalized spacial score (nSPS) is 13.2. The average molecular weight is 348 g/mol. The molecule has 1 aromatic heterocycles. The molecule has 0 radical (unpaired) electrons. The average Bonchev–Trinajstić information content (AvgIpc) is 2.88. The van der Waals surface area contributed by atoms with Gasteiger partial charge in [0.1, 0.15) is 5.75 Å². The van der Waals surface area contributed by atoms with E-state index in [1.165, 1.54) is 23.5 Å². The highest BCUT2D eigenvalue weighted by Crippen LogP contribution is 2.30. The molecule has 0 spiro atoms. The summed E-state index contributed by atoms with van der Waals surface area (Å²) >= 11 is -0.706. The van der Waals surface area contributed by atoms with E-state index in [2.05, 4.69) is 15.3 Å². The van der Waals surface area contributed by atoms with Gasteiger partial charge in [-0.1, -0.05) is 11.3 Å². The van der Waals surface area contributed by atoms with Gasteiger partial charge in [-0.15, -0.1) is 0 Å². The third-order valence-electron chi connectivity index (χ3n) is 2.91. The number of guanidine groups is 1. The Hall–Kier alpha value is -2.49. The highest BCUT2D eigenvalue weighted by atomic mass is 32.2. The number of rotatable bonds is 3. The van der Waals surface area contributed by atoms with Gasteiger partial charge >= 0.3 is 0 Å². The van der Waals surface area contributed by atoms with E-state index < -0.39 is 11.1 Å². The summed E-state index contributed by atoms with van der Waals surface area (Å²) in [5.41, 5.74) is 7.20. The van der Waals surface area contributed by atoms with Gasteiger partial charge in [0, 0.05) is 5.69 Å². The van der Waals surface area contributed by atoms with Gasteiger partial charge in [-0.2, -0.15) is 4.99 Å². The van der Waals surface area contributed by atoms with Crippen molar-refractivity contribution in [3.05, 3.63) is 42.5 Å². The molecular formula is C14H12N4O3S2. The van der Waals surface area contributed by atoms with Gasteiger partial charge in [0.15, 0.2) is 11.1 Å². The molecule has 7 nitrogen and oxygen atoms in total.